The van der Waals surface area contributed by atoms with Crippen molar-refractivity contribution in [2.24, 2.45) is 0 Å². The number of halogens is 1. The Kier molecular flexibility index (Phi) is 3.68. The van der Waals surface area contributed by atoms with Crippen LogP contribution in [0.4, 0.5) is 4.79 Å². The second-order valence-corrected chi connectivity index (χ2v) is 6.72. The SMILES string of the molecule is CC(C)(C)OC(=O)N1CCC(n2cnc3c(Cl)ncnc32)C1. The average molecular weight is 324 g/mol. The molecular formula is C14H18ClN5O2. The van der Waals surface area contributed by atoms with Gasteiger partial charge in [0.1, 0.15) is 17.4 Å². The van der Waals surface area contributed by atoms with Crippen LogP contribution in [-0.4, -0.2) is 49.2 Å². The number of hydrogen-bond donors (Lipinski definition) is 0. The van der Waals surface area contributed by atoms with Gasteiger partial charge >= 0.3 is 6.09 Å². The van der Waals surface area contributed by atoms with E-state index in [0.29, 0.717) is 29.4 Å². The smallest absolute Gasteiger partial charge is 0.410 e. The molecule has 7 nitrogen and oxygen atoms in total. The number of hydrogen-bond acceptors (Lipinski definition) is 5. The van der Waals surface area contributed by atoms with Crippen LogP contribution in [0.3, 0.4) is 0 Å². The van der Waals surface area contributed by atoms with Crippen LogP contribution < -0.4 is 0 Å². The van der Waals surface area contributed by atoms with Crippen molar-refractivity contribution in [2.45, 2.75) is 38.8 Å². The Labute approximate surface area is 133 Å². The highest BCUT2D eigenvalue weighted by Gasteiger charge is 2.31. The molecule has 8 heteroatoms. The molecule has 1 aliphatic heterocycles. The second-order valence-electron chi connectivity index (χ2n) is 6.36. The minimum atomic E-state index is -0.488. The zero-order valence-corrected chi connectivity index (χ0v) is 13.5. The Morgan fingerprint density at radius 1 is 1.36 bits per heavy atom. The van der Waals surface area contributed by atoms with E-state index in [1.54, 1.807) is 11.2 Å². The number of imidazole rings is 1. The number of carbonyl (C=O) groups is 1. The molecular weight excluding hydrogens is 306 g/mol. The number of carbonyl (C=O) groups excluding carboxylic acids is 1. The Morgan fingerprint density at radius 3 is 2.86 bits per heavy atom. The average Bonchev–Trinajstić information content (AvgIpc) is 3.03. The van der Waals surface area contributed by atoms with Gasteiger partial charge in [0, 0.05) is 13.1 Å². The molecule has 1 atom stereocenters. The molecule has 1 unspecified atom stereocenters. The minimum absolute atomic E-state index is 0.114. The van der Waals surface area contributed by atoms with Gasteiger partial charge in [-0.1, -0.05) is 11.6 Å². The van der Waals surface area contributed by atoms with Crippen LogP contribution in [0.2, 0.25) is 5.15 Å². The highest BCUT2D eigenvalue weighted by atomic mass is 35.5. The summed E-state index contributed by atoms with van der Waals surface area (Å²) in [4.78, 5) is 26.3. The largest absolute Gasteiger partial charge is 0.444 e. The molecule has 22 heavy (non-hydrogen) atoms. The van der Waals surface area contributed by atoms with Crippen LogP contribution in [0.25, 0.3) is 11.2 Å². The summed E-state index contributed by atoms with van der Waals surface area (Å²) in [6.07, 6.45) is 3.66. The zero-order chi connectivity index (χ0) is 15.9. The topological polar surface area (TPSA) is 73.1 Å². The first-order valence-corrected chi connectivity index (χ1v) is 7.54. The number of aromatic nitrogens is 4. The van der Waals surface area contributed by atoms with E-state index in [4.69, 9.17) is 16.3 Å². The Bertz CT molecular complexity index is 709. The molecule has 3 heterocycles. The predicted molar refractivity (Wildman–Crippen MR) is 81.8 cm³/mol. The van der Waals surface area contributed by atoms with Crippen LogP contribution in [0, 0.1) is 0 Å². The monoisotopic (exact) mass is 323 g/mol. The fraction of sp³-hybridized carbons (Fsp3) is 0.571. The molecule has 3 rings (SSSR count). The van der Waals surface area contributed by atoms with Gasteiger partial charge in [0.15, 0.2) is 10.8 Å². The van der Waals surface area contributed by atoms with Gasteiger partial charge in [-0.3, -0.25) is 0 Å². The summed E-state index contributed by atoms with van der Waals surface area (Å²) in [6, 6.07) is 0.114. The summed E-state index contributed by atoms with van der Waals surface area (Å²) in [7, 11) is 0. The fourth-order valence-electron chi connectivity index (χ4n) is 2.55. The number of likely N-dealkylation sites (tertiary alicyclic amines) is 1. The Hall–Kier alpha value is -1.89. The van der Waals surface area contributed by atoms with E-state index in [2.05, 4.69) is 15.0 Å². The first-order chi connectivity index (χ1) is 10.3. The van der Waals surface area contributed by atoms with Crippen LogP contribution >= 0.6 is 11.6 Å². The number of amides is 1. The third-order valence-electron chi connectivity index (χ3n) is 3.52. The molecule has 0 bridgehead atoms. The molecule has 1 fully saturated rings. The highest BCUT2D eigenvalue weighted by Crippen LogP contribution is 2.27. The predicted octanol–water partition coefficient (Wildman–Crippen LogP) is 2.66. The summed E-state index contributed by atoms with van der Waals surface area (Å²) in [6.45, 7) is 6.81. The number of fused-ring (bicyclic) bond motifs is 1. The maximum absolute atomic E-state index is 12.1. The molecule has 1 saturated heterocycles. The van der Waals surface area contributed by atoms with Gasteiger partial charge in [0.2, 0.25) is 0 Å². The van der Waals surface area contributed by atoms with Crippen molar-refractivity contribution in [1.29, 1.82) is 0 Å². The molecule has 0 saturated carbocycles. The fourth-order valence-corrected chi connectivity index (χ4v) is 2.73. The van der Waals surface area contributed by atoms with Crippen molar-refractivity contribution in [3.05, 3.63) is 17.8 Å². The Balaban J connectivity index is 1.77. The maximum Gasteiger partial charge on any atom is 0.410 e. The van der Waals surface area contributed by atoms with Gasteiger partial charge in [-0.05, 0) is 27.2 Å². The van der Waals surface area contributed by atoms with Crippen LogP contribution in [-0.2, 0) is 4.74 Å². The summed E-state index contributed by atoms with van der Waals surface area (Å²) in [5, 5.41) is 0.339. The van der Waals surface area contributed by atoms with Crippen molar-refractivity contribution < 1.29 is 9.53 Å². The lowest BCUT2D eigenvalue weighted by atomic mass is 10.2. The zero-order valence-electron chi connectivity index (χ0n) is 12.8. The third kappa shape index (κ3) is 2.85. The standard InChI is InChI=1S/C14H18ClN5O2/c1-14(2,3)22-13(21)19-5-4-9(6-19)20-8-18-10-11(15)16-7-17-12(10)20/h7-9H,4-6H2,1-3H3. The van der Waals surface area contributed by atoms with Gasteiger partial charge < -0.3 is 14.2 Å². The molecule has 118 valence electrons. The van der Waals surface area contributed by atoms with Crippen molar-refractivity contribution in [2.75, 3.05) is 13.1 Å². The van der Waals surface area contributed by atoms with Crippen molar-refractivity contribution in [3.63, 3.8) is 0 Å². The quantitative estimate of drug-likeness (QED) is 0.754. The lowest BCUT2D eigenvalue weighted by Gasteiger charge is -2.24. The van der Waals surface area contributed by atoms with E-state index in [1.165, 1.54) is 6.33 Å². The number of ether oxygens (including phenoxy) is 1. The molecule has 0 radical (unpaired) electrons. The van der Waals surface area contributed by atoms with Crippen LogP contribution in [0.5, 0.6) is 0 Å². The van der Waals surface area contributed by atoms with E-state index in [-0.39, 0.29) is 12.1 Å². The molecule has 0 aromatic carbocycles. The lowest BCUT2D eigenvalue weighted by Crippen LogP contribution is -2.35. The third-order valence-corrected chi connectivity index (χ3v) is 3.80. The molecule has 2 aromatic heterocycles. The molecule has 0 spiro atoms. The molecule has 2 aromatic rings. The van der Waals surface area contributed by atoms with E-state index in [9.17, 15) is 4.79 Å². The van der Waals surface area contributed by atoms with Crippen molar-refractivity contribution >= 4 is 28.9 Å². The summed E-state index contributed by atoms with van der Waals surface area (Å²) >= 11 is 6.02. The van der Waals surface area contributed by atoms with Gasteiger partial charge in [-0.15, -0.1) is 0 Å². The van der Waals surface area contributed by atoms with E-state index < -0.39 is 5.60 Å². The Morgan fingerprint density at radius 2 is 2.14 bits per heavy atom. The minimum Gasteiger partial charge on any atom is -0.444 e. The van der Waals surface area contributed by atoms with Gasteiger partial charge in [-0.2, -0.15) is 0 Å². The summed E-state index contributed by atoms with van der Waals surface area (Å²) in [5.74, 6) is 0. The molecule has 1 amide bonds. The maximum atomic E-state index is 12.1. The van der Waals surface area contributed by atoms with Gasteiger partial charge in [-0.25, -0.2) is 19.7 Å². The summed E-state index contributed by atoms with van der Waals surface area (Å²) in [5.41, 5.74) is 0.786. The molecule has 1 aliphatic rings. The number of rotatable bonds is 1. The van der Waals surface area contributed by atoms with Crippen LogP contribution in [0.15, 0.2) is 12.7 Å². The van der Waals surface area contributed by atoms with Crippen LogP contribution in [0.1, 0.15) is 33.2 Å². The van der Waals surface area contributed by atoms with Crippen molar-refractivity contribution in [3.8, 4) is 0 Å². The molecule has 0 aliphatic carbocycles. The van der Waals surface area contributed by atoms with E-state index >= 15 is 0 Å². The van der Waals surface area contributed by atoms with E-state index in [1.807, 2.05) is 25.3 Å². The lowest BCUT2D eigenvalue weighted by molar-refractivity contribution is 0.0289. The first kappa shape index (κ1) is 15.0. The first-order valence-electron chi connectivity index (χ1n) is 7.16. The second kappa shape index (κ2) is 5.39. The van der Waals surface area contributed by atoms with Gasteiger partial charge in [0.05, 0.1) is 12.4 Å². The van der Waals surface area contributed by atoms with Crippen molar-refractivity contribution in [1.82, 2.24) is 24.4 Å². The number of nitrogens with zero attached hydrogens (tertiary/aromatic N) is 5. The highest BCUT2D eigenvalue weighted by molar-refractivity contribution is 6.33. The molecule has 0 N–H and O–H groups in total. The normalized spacial score (nSPS) is 18.9. The van der Waals surface area contributed by atoms with E-state index in [0.717, 1.165) is 6.42 Å². The van der Waals surface area contributed by atoms with Gasteiger partial charge in [0.25, 0.3) is 0 Å². The summed E-state index contributed by atoms with van der Waals surface area (Å²) < 4.78 is 7.36.